The van der Waals surface area contributed by atoms with E-state index in [0.717, 1.165) is 16.7 Å². The number of ether oxygens (including phenoxy) is 1. The van der Waals surface area contributed by atoms with Crippen LogP contribution in [0.4, 0.5) is 0 Å². The Morgan fingerprint density at radius 3 is 2.19 bits per heavy atom. The molecule has 0 radical (unpaired) electrons. The van der Waals surface area contributed by atoms with Crippen LogP contribution in [-0.2, 0) is 6.42 Å². The molecule has 132 valence electrons. The van der Waals surface area contributed by atoms with Gasteiger partial charge >= 0.3 is 0 Å². The summed E-state index contributed by atoms with van der Waals surface area (Å²) in [6.45, 7) is 0. The molecule has 0 aliphatic rings. The molecule has 4 heteroatoms. The zero-order valence-electron chi connectivity index (χ0n) is 14.4. The van der Waals surface area contributed by atoms with Gasteiger partial charge in [-0.25, -0.2) is 0 Å². The quantitative estimate of drug-likeness (QED) is 0.591. The first-order chi connectivity index (χ1) is 12.6. The van der Waals surface area contributed by atoms with Gasteiger partial charge in [0.25, 0.3) is 0 Å². The Morgan fingerprint density at radius 2 is 1.50 bits per heavy atom. The van der Waals surface area contributed by atoms with Gasteiger partial charge in [-0.1, -0.05) is 42.5 Å². The molecule has 0 atom stereocenters. The highest BCUT2D eigenvalue weighted by molar-refractivity contribution is 5.75. The Bertz CT molecular complexity index is 927. The van der Waals surface area contributed by atoms with Crippen molar-refractivity contribution in [3.8, 4) is 23.0 Å². The fourth-order valence-corrected chi connectivity index (χ4v) is 2.80. The minimum atomic E-state index is 0.105. The van der Waals surface area contributed by atoms with Crippen molar-refractivity contribution in [1.82, 2.24) is 0 Å². The number of phenolic OH excluding ortho intramolecular Hbond substituents is 3. The summed E-state index contributed by atoms with van der Waals surface area (Å²) in [4.78, 5) is 0. The summed E-state index contributed by atoms with van der Waals surface area (Å²) in [7, 11) is 1.56. The average Bonchev–Trinajstić information content (AvgIpc) is 2.64. The first-order valence-electron chi connectivity index (χ1n) is 8.20. The molecule has 0 aromatic heterocycles. The average molecular weight is 348 g/mol. The van der Waals surface area contributed by atoms with E-state index in [0.29, 0.717) is 17.7 Å². The van der Waals surface area contributed by atoms with Crippen LogP contribution in [-0.4, -0.2) is 22.4 Å². The van der Waals surface area contributed by atoms with E-state index in [1.807, 2.05) is 30.3 Å². The number of rotatable bonds is 5. The molecular formula is C22H20O4. The van der Waals surface area contributed by atoms with Crippen molar-refractivity contribution in [3.63, 3.8) is 0 Å². The molecule has 0 heterocycles. The minimum Gasteiger partial charge on any atom is -0.508 e. The summed E-state index contributed by atoms with van der Waals surface area (Å²) in [5, 5.41) is 29.4. The number of aromatic hydroxyl groups is 3. The van der Waals surface area contributed by atoms with E-state index in [1.165, 1.54) is 0 Å². The topological polar surface area (TPSA) is 69.9 Å². The molecule has 3 aromatic carbocycles. The second kappa shape index (κ2) is 7.66. The van der Waals surface area contributed by atoms with Crippen LogP contribution in [0.2, 0.25) is 0 Å². The van der Waals surface area contributed by atoms with Crippen molar-refractivity contribution in [1.29, 1.82) is 0 Å². The predicted molar refractivity (Wildman–Crippen MR) is 103 cm³/mol. The smallest absolute Gasteiger partial charge is 0.126 e. The Hall–Kier alpha value is -3.40. The molecule has 4 nitrogen and oxygen atoms in total. The van der Waals surface area contributed by atoms with Crippen LogP contribution in [0.25, 0.3) is 12.2 Å². The predicted octanol–water partition coefficient (Wildman–Crippen LogP) is 4.57. The molecule has 0 aliphatic carbocycles. The molecule has 3 aromatic rings. The molecule has 0 spiro atoms. The van der Waals surface area contributed by atoms with Crippen LogP contribution in [0.5, 0.6) is 23.0 Å². The van der Waals surface area contributed by atoms with Crippen molar-refractivity contribution < 1.29 is 20.1 Å². The van der Waals surface area contributed by atoms with Crippen LogP contribution in [0.1, 0.15) is 22.3 Å². The molecule has 0 fully saturated rings. The van der Waals surface area contributed by atoms with Crippen LogP contribution in [0, 0.1) is 0 Å². The molecule has 3 rings (SSSR count). The summed E-state index contributed by atoms with van der Waals surface area (Å²) in [6.07, 6.45) is 4.21. The zero-order valence-corrected chi connectivity index (χ0v) is 14.4. The largest absolute Gasteiger partial charge is 0.508 e. The highest BCUT2D eigenvalue weighted by Crippen LogP contribution is 2.32. The fraction of sp³-hybridized carbons (Fsp3) is 0.0909. The van der Waals surface area contributed by atoms with E-state index < -0.39 is 0 Å². The summed E-state index contributed by atoms with van der Waals surface area (Å²) < 4.78 is 5.45. The third-order valence-electron chi connectivity index (χ3n) is 4.14. The summed E-state index contributed by atoms with van der Waals surface area (Å²) in [5.41, 5.74) is 3.38. The van der Waals surface area contributed by atoms with E-state index in [-0.39, 0.29) is 17.2 Å². The van der Waals surface area contributed by atoms with Crippen molar-refractivity contribution in [3.05, 3.63) is 82.9 Å². The van der Waals surface area contributed by atoms with Gasteiger partial charge in [0.2, 0.25) is 0 Å². The van der Waals surface area contributed by atoms with Crippen molar-refractivity contribution in [2.75, 3.05) is 7.11 Å². The van der Waals surface area contributed by atoms with Gasteiger partial charge in [0, 0.05) is 23.6 Å². The Balaban J connectivity index is 2.01. The number of phenols is 3. The SMILES string of the molecule is COc1cc(O)cc(/C=C/c2ccccc2O)c1Cc1ccc(O)cc1. The lowest BCUT2D eigenvalue weighted by molar-refractivity contribution is 0.403. The van der Waals surface area contributed by atoms with E-state index in [2.05, 4.69) is 0 Å². The summed E-state index contributed by atoms with van der Waals surface area (Å²) in [5.74, 6) is 1.09. The molecule has 0 amide bonds. The van der Waals surface area contributed by atoms with Crippen molar-refractivity contribution in [2.45, 2.75) is 6.42 Å². The molecule has 0 bridgehead atoms. The molecule has 0 saturated carbocycles. The highest BCUT2D eigenvalue weighted by atomic mass is 16.5. The number of hydrogen-bond acceptors (Lipinski definition) is 4. The number of benzene rings is 3. The molecule has 0 unspecified atom stereocenters. The van der Waals surface area contributed by atoms with Crippen LogP contribution < -0.4 is 4.74 Å². The van der Waals surface area contributed by atoms with Crippen LogP contribution in [0.3, 0.4) is 0 Å². The van der Waals surface area contributed by atoms with E-state index >= 15 is 0 Å². The van der Waals surface area contributed by atoms with Crippen LogP contribution in [0.15, 0.2) is 60.7 Å². The van der Waals surface area contributed by atoms with Gasteiger partial charge in [-0.3, -0.25) is 0 Å². The summed E-state index contributed by atoms with van der Waals surface area (Å²) >= 11 is 0. The Labute approximate surface area is 152 Å². The molecule has 26 heavy (non-hydrogen) atoms. The van der Waals surface area contributed by atoms with Gasteiger partial charge in [-0.2, -0.15) is 0 Å². The Kier molecular flexibility index (Phi) is 5.13. The monoisotopic (exact) mass is 348 g/mol. The van der Waals surface area contributed by atoms with Crippen LogP contribution >= 0.6 is 0 Å². The van der Waals surface area contributed by atoms with Gasteiger partial charge in [0.1, 0.15) is 23.0 Å². The molecule has 3 N–H and O–H groups in total. The molecule has 0 aliphatic heterocycles. The Morgan fingerprint density at radius 1 is 0.808 bits per heavy atom. The molecule has 0 saturated heterocycles. The number of methoxy groups -OCH3 is 1. The highest BCUT2D eigenvalue weighted by Gasteiger charge is 2.11. The maximum atomic E-state index is 10.0. The lowest BCUT2D eigenvalue weighted by Crippen LogP contribution is -1.97. The number of para-hydroxylation sites is 1. The zero-order chi connectivity index (χ0) is 18.5. The lowest BCUT2D eigenvalue weighted by Gasteiger charge is -2.13. The van der Waals surface area contributed by atoms with Gasteiger partial charge in [0.05, 0.1) is 7.11 Å². The molecular weight excluding hydrogens is 328 g/mol. The van der Waals surface area contributed by atoms with Gasteiger partial charge < -0.3 is 20.1 Å². The minimum absolute atomic E-state index is 0.105. The van der Waals surface area contributed by atoms with Gasteiger partial charge in [-0.15, -0.1) is 0 Å². The van der Waals surface area contributed by atoms with E-state index in [1.54, 1.807) is 49.6 Å². The third-order valence-corrected chi connectivity index (χ3v) is 4.14. The fourth-order valence-electron chi connectivity index (χ4n) is 2.80. The first-order valence-corrected chi connectivity index (χ1v) is 8.20. The van der Waals surface area contributed by atoms with Crippen molar-refractivity contribution >= 4 is 12.2 Å². The first kappa shape index (κ1) is 17.4. The van der Waals surface area contributed by atoms with E-state index in [4.69, 9.17) is 4.74 Å². The lowest BCUT2D eigenvalue weighted by atomic mass is 9.97. The number of hydrogen-bond donors (Lipinski definition) is 3. The van der Waals surface area contributed by atoms with Gasteiger partial charge in [0.15, 0.2) is 0 Å². The normalized spacial score (nSPS) is 11.0. The summed E-state index contributed by atoms with van der Waals surface area (Å²) in [6, 6.07) is 17.3. The van der Waals surface area contributed by atoms with E-state index in [9.17, 15) is 15.3 Å². The van der Waals surface area contributed by atoms with Crippen molar-refractivity contribution in [2.24, 2.45) is 0 Å². The second-order valence-electron chi connectivity index (χ2n) is 5.95. The van der Waals surface area contributed by atoms with Gasteiger partial charge in [-0.05, 0) is 35.4 Å². The maximum absolute atomic E-state index is 10.0. The second-order valence-corrected chi connectivity index (χ2v) is 5.95. The standard InChI is InChI=1S/C22H20O4/c1-26-22-14-19(24)13-17(9-8-16-4-2-3-5-21(16)25)20(22)12-15-6-10-18(23)11-7-15/h2-11,13-14,23-25H,12H2,1H3/b9-8+. The maximum Gasteiger partial charge on any atom is 0.126 e. The third kappa shape index (κ3) is 3.98.